The lowest BCUT2D eigenvalue weighted by atomic mass is 10.2. The third-order valence-corrected chi connectivity index (χ3v) is 4.24. The highest BCUT2D eigenvalue weighted by Gasteiger charge is 2.45. The molecule has 1 aromatic carbocycles. The Morgan fingerprint density at radius 3 is 2.70 bits per heavy atom. The topological polar surface area (TPSA) is 170 Å². The van der Waals surface area contributed by atoms with Crippen molar-refractivity contribution in [1.82, 2.24) is 9.97 Å². The maximum atomic E-state index is 12.0. The molecule has 10 nitrogen and oxygen atoms in total. The van der Waals surface area contributed by atoms with Gasteiger partial charge in [0, 0.05) is 6.07 Å². The first-order valence-corrected chi connectivity index (χ1v) is 7.76. The first kappa shape index (κ1) is 16.4. The van der Waals surface area contributed by atoms with Gasteiger partial charge in [0.15, 0.2) is 6.04 Å². The molecule has 0 fully saturated rings. The highest BCUT2D eigenvalue weighted by molar-refractivity contribution is 6.33. The van der Waals surface area contributed by atoms with Crippen LogP contribution in [0, 0.1) is 5.41 Å². The number of aromatic nitrogens is 2. The molecule has 6 N–H and O–H groups in total. The summed E-state index contributed by atoms with van der Waals surface area (Å²) in [6, 6.07) is 6.91. The number of nitrogens with one attached hydrogen (secondary N) is 2. The number of carboxylic acid groups (broad SMARTS) is 1. The minimum absolute atomic E-state index is 0.0486. The Balaban J connectivity index is 1.88. The van der Waals surface area contributed by atoms with Crippen LogP contribution in [0.2, 0.25) is 0 Å². The molecule has 1 aliphatic rings. The van der Waals surface area contributed by atoms with Crippen LogP contribution in [0.4, 0.5) is 5.69 Å². The first-order valence-electron chi connectivity index (χ1n) is 7.76. The number of rotatable bonds is 4. The molecule has 0 radical (unpaired) electrons. The second-order valence-electron chi connectivity index (χ2n) is 5.83. The van der Waals surface area contributed by atoms with Gasteiger partial charge >= 0.3 is 5.97 Å². The van der Waals surface area contributed by atoms with Crippen molar-refractivity contribution in [2.45, 2.75) is 6.04 Å². The summed E-state index contributed by atoms with van der Waals surface area (Å²) in [7, 11) is 0. The molecule has 3 heterocycles. The number of carbonyl (C=O) groups excluding carboxylic acids is 1. The second kappa shape index (κ2) is 5.73. The summed E-state index contributed by atoms with van der Waals surface area (Å²) < 4.78 is 4.93. The molecule has 0 aliphatic carbocycles. The number of aromatic amines is 1. The number of hydrogen-bond donors (Lipinski definition) is 5. The number of aromatic carboxylic acids is 1. The molecule has 0 saturated heterocycles. The van der Waals surface area contributed by atoms with E-state index >= 15 is 0 Å². The Hall–Kier alpha value is -4.08. The monoisotopic (exact) mass is 367 g/mol. The van der Waals surface area contributed by atoms with E-state index in [1.165, 1.54) is 6.07 Å². The van der Waals surface area contributed by atoms with Gasteiger partial charge in [0.2, 0.25) is 11.7 Å². The van der Waals surface area contributed by atoms with Crippen LogP contribution in [0.15, 0.2) is 46.8 Å². The van der Waals surface area contributed by atoms with Crippen LogP contribution in [0.25, 0.3) is 16.6 Å². The Morgan fingerprint density at radius 2 is 2.04 bits per heavy atom. The number of aliphatic hydroxyl groups is 1. The number of carboxylic acids is 1. The second-order valence-corrected chi connectivity index (χ2v) is 5.83. The van der Waals surface area contributed by atoms with Gasteiger partial charge in [-0.15, -0.1) is 0 Å². The van der Waals surface area contributed by atoms with E-state index < -0.39 is 29.4 Å². The Kier molecular flexibility index (Phi) is 3.48. The number of amides is 1. The maximum absolute atomic E-state index is 12.0. The fraction of sp³-hybridized carbons (Fsp3) is 0.0588. The molecule has 0 saturated carbocycles. The smallest absolute Gasteiger partial charge is 0.374 e. The molecule has 0 spiro atoms. The summed E-state index contributed by atoms with van der Waals surface area (Å²) in [6.07, 6.45) is 1.11. The van der Waals surface area contributed by atoms with Crippen LogP contribution in [-0.4, -0.2) is 43.9 Å². The van der Waals surface area contributed by atoms with Gasteiger partial charge in [0.05, 0.1) is 28.6 Å². The minimum Gasteiger partial charge on any atom is -0.509 e. The molecule has 3 aromatic rings. The number of primary amides is 1. The number of hydrogen-bond acceptors (Lipinski definition) is 6. The zero-order valence-electron chi connectivity index (χ0n) is 13.6. The van der Waals surface area contributed by atoms with Crippen LogP contribution >= 0.6 is 0 Å². The van der Waals surface area contributed by atoms with Gasteiger partial charge in [-0.2, -0.15) is 0 Å². The van der Waals surface area contributed by atoms with Gasteiger partial charge in [-0.3, -0.25) is 10.2 Å². The first-order chi connectivity index (χ1) is 12.9. The average Bonchev–Trinajstić information content (AvgIpc) is 3.29. The summed E-state index contributed by atoms with van der Waals surface area (Å²) in [6.45, 7) is 0. The fourth-order valence-corrected chi connectivity index (χ4v) is 3.11. The van der Waals surface area contributed by atoms with E-state index in [4.69, 9.17) is 15.6 Å². The van der Waals surface area contributed by atoms with Crippen molar-refractivity contribution < 1.29 is 24.2 Å². The summed E-state index contributed by atoms with van der Waals surface area (Å²) in [5.41, 5.74) is 6.56. The molecule has 2 aromatic heterocycles. The van der Waals surface area contributed by atoms with Crippen LogP contribution in [0.1, 0.15) is 16.4 Å². The molecule has 27 heavy (non-hydrogen) atoms. The number of fused-ring (bicyclic) bond motifs is 1. The van der Waals surface area contributed by atoms with Gasteiger partial charge in [-0.05, 0) is 12.1 Å². The maximum Gasteiger partial charge on any atom is 0.374 e. The van der Waals surface area contributed by atoms with Crippen molar-refractivity contribution in [3.63, 3.8) is 0 Å². The van der Waals surface area contributed by atoms with Gasteiger partial charge < -0.3 is 30.2 Å². The van der Waals surface area contributed by atoms with E-state index in [0.29, 0.717) is 11.0 Å². The van der Waals surface area contributed by atoms with Gasteiger partial charge in [0.1, 0.15) is 17.4 Å². The lowest BCUT2D eigenvalue weighted by Crippen LogP contribution is -2.45. The molecule has 1 aliphatic heterocycles. The molecule has 10 heteroatoms. The lowest BCUT2D eigenvalue weighted by Gasteiger charge is -2.23. The zero-order chi connectivity index (χ0) is 19.3. The highest BCUT2D eigenvalue weighted by atomic mass is 16.4. The summed E-state index contributed by atoms with van der Waals surface area (Å²) in [5, 5.41) is 28.3. The number of nitrogens with two attached hydrogens (primary N) is 1. The summed E-state index contributed by atoms with van der Waals surface area (Å²) >= 11 is 0. The molecule has 1 atom stereocenters. The van der Waals surface area contributed by atoms with Crippen molar-refractivity contribution >= 4 is 40.0 Å². The van der Waals surface area contributed by atoms with E-state index in [9.17, 15) is 19.8 Å². The Bertz CT molecular complexity index is 1110. The molecule has 136 valence electrons. The third-order valence-electron chi connectivity index (χ3n) is 4.24. The number of anilines is 1. The number of benzene rings is 1. The predicted octanol–water partition coefficient (Wildman–Crippen LogP) is 1.47. The minimum atomic E-state index is -1.46. The average molecular weight is 367 g/mol. The predicted molar refractivity (Wildman–Crippen MR) is 94.5 cm³/mol. The number of imidazole rings is 1. The van der Waals surface area contributed by atoms with Crippen LogP contribution < -0.4 is 10.6 Å². The van der Waals surface area contributed by atoms with Crippen molar-refractivity contribution in [1.29, 1.82) is 5.41 Å². The molecule has 1 amide bonds. The van der Waals surface area contributed by atoms with Crippen molar-refractivity contribution in [3.8, 4) is 0 Å². The molecular weight excluding hydrogens is 354 g/mol. The zero-order valence-corrected chi connectivity index (χ0v) is 13.6. The molecular formula is C17H13N5O5. The van der Waals surface area contributed by atoms with E-state index in [2.05, 4.69) is 9.97 Å². The van der Waals surface area contributed by atoms with Crippen LogP contribution in [0.3, 0.4) is 0 Å². The number of carbonyl (C=O) groups is 2. The number of H-pyrrole nitrogens is 1. The van der Waals surface area contributed by atoms with Crippen molar-refractivity contribution in [2.24, 2.45) is 5.73 Å². The van der Waals surface area contributed by atoms with E-state index in [1.807, 2.05) is 0 Å². The summed E-state index contributed by atoms with van der Waals surface area (Å²) in [4.78, 5) is 31.7. The van der Waals surface area contributed by atoms with Crippen LogP contribution in [0.5, 0.6) is 0 Å². The highest BCUT2D eigenvalue weighted by Crippen LogP contribution is 2.37. The van der Waals surface area contributed by atoms with Gasteiger partial charge in [-0.1, -0.05) is 12.1 Å². The van der Waals surface area contributed by atoms with E-state index in [0.717, 1.165) is 11.2 Å². The van der Waals surface area contributed by atoms with Gasteiger partial charge in [-0.25, -0.2) is 9.78 Å². The number of furan rings is 1. The Morgan fingerprint density at radius 1 is 1.30 bits per heavy atom. The SMILES string of the molecule is N=C1C(c2nc3ccccc3[nH]2)=C(O)[C@H](C(N)=O)N1c1ccoc1C(=O)O. The van der Waals surface area contributed by atoms with E-state index in [1.54, 1.807) is 24.3 Å². The van der Waals surface area contributed by atoms with Crippen molar-refractivity contribution in [2.75, 3.05) is 4.90 Å². The molecule has 4 rings (SSSR count). The number of nitrogens with zero attached hydrogens (tertiary/aromatic N) is 2. The lowest BCUT2D eigenvalue weighted by molar-refractivity contribution is -0.118. The largest absolute Gasteiger partial charge is 0.509 e. The van der Waals surface area contributed by atoms with Crippen LogP contribution in [-0.2, 0) is 4.79 Å². The molecule has 0 unspecified atom stereocenters. The van der Waals surface area contributed by atoms with Gasteiger partial charge in [0.25, 0.3) is 0 Å². The normalized spacial score (nSPS) is 17.1. The third kappa shape index (κ3) is 2.34. The number of aliphatic hydroxyl groups excluding tert-OH is 1. The summed E-state index contributed by atoms with van der Waals surface area (Å²) in [5.74, 6) is -3.50. The number of para-hydroxylation sites is 2. The Labute approximate surface area is 151 Å². The van der Waals surface area contributed by atoms with Crippen molar-refractivity contribution in [3.05, 3.63) is 53.9 Å². The quantitative estimate of drug-likeness (QED) is 0.465. The standard InChI is InChI=1S/C17H13N5O5/c18-14-10(16-20-7-3-1-2-4-8(7)21-16)12(23)11(15(19)24)22(14)9-5-6-27-13(9)17(25)26/h1-6,11,18,23H,(H2,19,24)(H,20,21)(H,25,26)/t11-/m1/s1. The fourth-order valence-electron chi connectivity index (χ4n) is 3.11. The van der Waals surface area contributed by atoms with E-state index in [-0.39, 0.29) is 22.9 Å². The molecule has 0 bridgehead atoms. The number of amidine groups is 1.